The Morgan fingerprint density at radius 2 is 1.75 bits per heavy atom. The van der Waals surface area contributed by atoms with Crippen LogP contribution in [0.2, 0.25) is 0 Å². The van der Waals surface area contributed by atoms with Crippen LogP contribution >= 0.6 is 0 Å². The minimum Gasteiger partial charge on any atom is -0.385 e. The number of amides is 3. The molecule has 1 fully saturated rings. The fourth-order valence-corrected chi connectivity index (χ4v) is 3.92. The zero-order chi connectivity index (χ0) is 22.5. The maximum atomic E-state index is 12.7. The van der Waals surface area contributed by atoms with Crippen molar-refractivity contribution in [3.05, 3.63) is 64.7 Å². The van der Waals surface area contributed by atoms with E-state index in [4.69, 9.17) is 9.47 Å². The summed E-state index contributed by atoms with van der Waals surface area (Å²) in [4.78, 5) is 41.4. The number of benzene rings is 2. The molecule has 0 aliphatic carbocycles. The molecule has 1 saturated heterocycles. The molecule has 0 atom stereocenters. The molecule has 32 heavy (non-hydrogen) atoms. The molecular formula is C24H27N3O5. The number of anilines is 1. The molecule has 2 heterocycles. The van der Waals surface area contributed by atoms with E-state index >= 15 is 0 Å². The lowest BCUT2D eigenvalue weighted by Gasteiger charge is -2.26. The molecule has 0 aromatic heterocycles. The van der Waals surface area contributed by atoms with Gasteiger partial charge in [0.15, 0.2) is 0 Å². The monoisotopic (exact) mass is 437 g/mol. The van der Waals surface area contributed by atoms with Gasteiger partial charge >= 0.3 is 0 Å². The predicted octanol–water partition coefficient (Wildman–Crippen LogP) is 2.40. The van der Waals surface area contributed by atoms with Crippen LogP contribution in [0.3, 0.4) is 0 Å². The predicted molar refractivity (Wildman–Crippen MR) is 119 cm³/mol. The first-order valence-corrected chi connectivity index (χ1v) is 10.8. The lowest BCUT2D eigenvalue weighted by Crippen LogP contribution is -2.35. The van der Waals surface area contributed by atoms with Gasteiger partial charge < -0.3 is 14.8 Å². The molecule has 0 radical (unpaired) electrons. The van der Waals surface area contributed by atoms with Crippen molar-refractivity contribution in [2.45, 2.75) is 13.0 Å². The van der Waals surface area contributed by atoms with Crippen LogP contribution in [0.1, 0.15) is 43.1 Å². The van der Waals surface area contributed by atoms with Crippen LogP contribution in [-0.4, -0.2) is 74.1 Å². The van der Waals surface area contributed by atoms with Crippen LogP contribution in [0.4, 0.5) is 5.69 Å². The number of morpholine rings is 1. The van der Waals surface area contributed by atoms with Crippen LogP contribution in [0.5, 0.6) is 0 Å². The molecule has 0 unspecified atom stereocenters. The summed E-state index contributed by atoms with van der Waals surface area (Å²) in [5, 5.41) is 2.86. The number of carbonyl (C=O) groups excluding carboxylic acids is 3. The number of ether oxygens (including phenoxy) is 2. The SMILES string of the molecule is COCCCN1C(=O)c2ccc(C(=O)Nc3ccc(CN4CCOCC4)cc3)cc2C1=O. The fourth-order valence-electron chi connectivity index (χ4n) is 3.92. The summed E-state index contributed by atoms with van der Waals surface area (Å²) in [6.45, 7) is 4.95. The normalized spacial score (nSPS) is 16.3. The summed E-state index contributed by atoms with van der Waals surface area (Å²) >= 11 is 0. The van der Waals surface area contributed by atoms with Gasteiger partial charge in [0, 0.05) is 51.1 Å². The summed E-state index contributed by atoms with van der Waals surface area (Å²) in [5.41, 5.74) is 2.77. The summed E-state index contributed by atoms with van der Waals surface area (Å²) < 4.78 is 10.4. The van der Waals surface area contributed by atoms with E-state index in [9.17, 15) is 14.4 Å². The molecule has 2 aliphatic heterocycles. The van der Waals surface area contributed by atoms with Crippen LogP contribution < -0.4 is 5.32 Å². The highest BCUT2D eigenvalue weighted by atomic mass is 16.5. The molecule has 2 aliphatic rings. The molecule has 2 aromatic rings. The standard InChI is InChI=1S/C24H27N3O5/c1-31-12-2-9-27-23(29)20-8-5-18(15-21(20)24(27)30)22(28)25-19-6-3-17(4-7-19)16-26-10-13-32-14-11-26/h3-8,15H,2,9-14,16H2,1H3,(H,25,28). The van der Waals surface area contributed by atoms with Crippen molar-refractivity contribution in [2.75, 3.05) is 51.9 Å². The second-order valence-corrected chi connectivity index (χ2v) is 7.91. The average Bonchev–Trinajstić information content (AvgIpc) is 3.05. The Hall–Kier alpha value is -3.07. The van der Waals surface area contributed by atoms with E-state index < -0.39 is 0 Å². The highest BCUT2D eigenvalue weighted by molar-refractivity contribution is 6.22. The van der Waals surface area contributed by atoms with Gasteiger partial charge in [-0.25, -0.2) is 0 Å². The molecule has 2 aromatic carbocycles. The molecule has 3 amide bonds. The lowest BCUT2D eigenvalue weighted by molar-refractivity contribution is 0.0342. The number of methoxy groups -OCH3 is 1. The Bertz CT molecular complexity index is 999. The molecule has 8 heteroatoms. The Morgan fingerprint density at radius 1 is 1.03 bits per heavy atom. The van der Waals surface area contributed by atoms with E-state index in [0.29, 0.717) is 36.4 Å². The second kappa shape index (κ2) is 10.0. The number of fused-ring (bicyclic) bond motifs is 1. The maximum Gasteiger partial charge on any atom is 0.261 e. The quantitative estimate of drug-likeness (QED) is 0.504. The molecule has 0 spiro atoms. The minimum absolute atomic E-state index is 0.265. The van der Waals surface area contributed by atoms with Crippen molar-refractivity contribution in [2.24, 2.45) is 0 Å². The van der Waals surface area contributed by atoms with Crippen LogP contribution in [-0.2, 0) is 16.0 Å². The van der Waals surface area contributed by atoms with E-state index in [-0.39, 0.29) is 23.3 Å². The van der Waals surface area contributed by atoms with Gasteiger partial charge in [-0.2, -0.15) is 0 Å². The van der Waals surface area contributed by atoms with Crippen molar-refractivity contribution in [3.8, 4) is 0 Å². The van der Waals surface area contributed by atoms with Crippen molar-refractivity contribution < 1.29 is 23.9 Å². The van der Waals surface area contributed by atoms with E-state index in [1.54, 1.807) is 19.2 Å². The number of nitrogens with zero attached hydrogens (tertiary/aromatic N) is 2. The lowest BCUT2D eigenvalue weighted by atomic mass is 10.1. The molecule has 8 nitrogen and oxygen atoms in total. The Kier molecular flexibility index (Phi) is 6.94. The van der Waals surface area contributed by atoms with Gasteiger partial charge in [0.05, 0.1) is 24.3 Å². The van der Waals surface area contributed by atoms with Crippen molar-refractivity contribution in [1.82, 2.24) is 9.80 Å². The molecule has 0 bridgehead atoms. The van der Waals surface area contributed by atoms with E-state index in [0.717, 1.165) is 32.8 Å². The number of carbonyl (C=O) groups is 3. The molecular weight excluding hydrogens is 410 g/mol. The second-order valence-electron chi connectivity index (χ2n) is 7.91. The highest BCUT2D eigenvalue weighted by Crippen LogP contribution is 2.25. The zero-order valence-corrected chi connectivity index (χ0v) is 18.1. The number of hydrogen-bond acceptors (Lipinski definition) is 6. The average molecular weight is 437 g/mol. The Labute approximate surface area is 187 Å². The third-order valence-electron chi connectivity index (χ3n) is 5.68. The topological polar surface area (TPSA) is 88.2 Å². The van der Waals surface area contributed by atoms with Crippen molar-refractivity contribution >= 4 is 23.4 Å². The molecule has 1 N–H and O–H groups in total. The molecule has 4 rings (SSSR count). The first-order valence-electron chi connectivity index (χ1n) is 10.8. The van der Waals surface area contributed by atoms with Gasteiger partial charge in [-0.1, -0.05) is 12.1 Å². The van der Waals surface area contributed by atoms with Gasteiger partial charge in [0.25, 0.3) is 17.7 Å². The first-order chi connectivity index (χ1) is 15.6. The Morgan fingerprint density at radius 3 is 2.47 bits per heavy atom. The number of imide groups is 1. The summed E-state index contributed by atoms with van der Waals surface area (Å²) in [6.07, 6.45) is 0.566. The van der Waals surface area contributed by atoms with Gasteiger partial charge in [-0.3, -0.25) is 24.2 Å². The third kappa shape index (κ3) is 4.88. The summed E-state index contributed by atoms with van der Waals surface area (Å²) in [5.74, 6) is -1.03. The first kappa shape index (κ1) is 22.1. The van der Waals surface area contributed by atoms with E-state index in [2.05, 4.69) is 10.2 Å². The van der Waals surface area contributed by atoms with E-state index in [1.165, 1.54) is 16.5 Å². The number of hydrogen-bond donors (Lipinski definition) is 1. The number of nitrogens with one attached hydrogen (secondary N) is 1. The van der Waals surface area contributed by atoms with Crippen LogP contribution in [0.15, 0.2) is 42.5 Å². The summed E-state index contributed by atoms with van der Waals surface area (Å²) in [7, 11) is 1.57. The third-order valence-corrected chi connectivity index (χ3v) is 5.68. The van der Waals surface area contributed by atoms with Crippen LogP contribution in [0, 0.1) is 0 Å². The van der Waals surface area contributed by atoms with E-state index in [1.807, 2.05) is 24.3 Å². The highest BCUT2D eigenvalue weighted by Gasteiger charge is 2.35. The zero-order valence-electron chi connectivity index (χ0n) is 18.1. The van der Waals surface area contributed by atoms with Gasteiger partial charge in [-0.05, 0) is 42.3 Å². The summed E-state index contributed by atoms with van der Waals surface area (Å²) in [6, 6.07) is 12.3. The van der Waals surface area contributed by atoms with Crippen molar-refractivity contribution in [1.29, 1.82) is 0 Å². The minimum atomic E-state index is -0.372. The van der Waals surface area contributed by atoms with Crippen molar-refractivity contribution in [3.63, 3.8) is 0 Å². The van der Waals surface area contributed by atoms with Crippen LogP contribution in [0.25, 0.3) is 0 Å². The largest absolute Gasteiger partial charge is 0.385 e. The maximum absolute atomic E-state index is 12.7. The van der Waals surface area contributed by atoms with Gasteiger partial charge in [0.1, 0.15) is 0 Å². The Balaban J connectivity index is 1.39. The smallest absolute Gasteiger partial charge is 0.261 e. The molecule has 168 valence electrons. The molecule has 0 saturated carbocycles. The van der Waals surface area contributed by atoms with Gasteiger partial charge in [-0.15, -0.1) is 0 Å². The fraction of sp³-hybridized carbons (Fsp3) is 0.375. The number of rotatable bonds is 8. The van der Waals surface area contributed by atoms with Gasteiger partial charge in [0.2, 0.25) is 0 Å².